The number of sulfonamides is 1. The maximum atomic E-state index is 12.9. The number of morpholine rings is 1. The van der Waals surface area contributed by atoms with E-state index < -0.39 is 28.4 Å². The first-order valence-corrected chi connectivity index (χ1v) is 11.7. The summed E-state index contributed by atoms with van der Waals surface area (Å²) in [4.78, 5) is 36.2. The van der Waals surface area contributed by atoms with E-state index in [9.17, 15) is 22.8 Å². The van der Waals surface area contributed by atoms with Gasteiger partial charge < -0.3 is 19.5 Å². The molecule has 0 bridgehead atoms. The minimum Gasteiger partial charge on any atom is -0.482 e. The van der Waals surface area contributed by atoms with Gasteiger partial charge in [0.25, 0.3) is 5.91 Å². The number of carbonyl (C=O) groups excluding carboxylic acids is 3. The first-order valence-electron chi connectivity index (χ1n) is 9.90. The van der Waals surface area contributed by atoms with Gasteiger partial charge in [-0.15, -0.1) is 0 Å². The number of anilines is 1. The van der Waals surface area contributed by atoms with Crippen LogP contribution in [0, 0.1) is 0 Å². The number of hydrogen-bond acceptors (Lipinski definition) is 8. The van der Waals surface area contributed by atoms with E-state index in [1.807, 2.05) is 0 Å². The van der Waals surface area contributed by atoms with Crippen LogP contribution in [0.4, 0.5) is 5.69 Å². The number of nitrogens with zero attached hydrogens (tertiary/aromatic N) is 1. The van der Waals surface area contributed by atoms with E-state index in [-0.39, 0.29) is 59.9 Å². The average Bonchev–Trinajstić information content (AvgIpc) is 2.82. The lowest BCUT2D eigenvalue weighted by molar-refractivity contribution is -0.118. The van der Waals surface area contributed by atoms with Gasteiger partial charge in [0, 0.05) is 18.7 Å². The van der Waals surface area contributed by atoms with Gasteiger partial charge in [-0.1, -0.05) is 11.6 Å². The van der Waals surface area contributed by atoms with E-state index in [4.69, 9.17) is 25.8 Å². The molecule has 0 spiro atoms. The number of rotatable bonds is 6. The van der Waals surface area contributed by atoms with Gasteiger partial charge in [-0.25, -0.2) is 13.2 Å². The number of hydrogen-bond donors (Lipinski definition) is 1. The molecule has 10 nitrogen and oxygen atoms in total. The molecular formula is C21H19ClN2O8S. The van der Waals surface area contributed by atoms with Crippen molar-refractivity contribution in [1.29, 1.82) is 0 Å². The van der Waals surface area contributed by atoms with Gasteiger partial charge in [-0.05, 0) is 36.4 Å². The Morgan fingerprint density at radius 2 is 1.82 bits per heavy atom. The number of esters is 1. The predicted molar refractivity (Wildman–Crippen MR) is 116 cm³/mol. The Balaban J connectivity index is 1.46. The summed E-state index contributed by atoms with van der Waals surface area (Å²) in [6, 6.07) is 8.19. The third kappa shape index (κ3) is 5.01. The van der Waals surface area contributed by atoms with Crippen molar-refractivity contribution in [3.05, 3.63) is 52.5 Å². The number of carbonyl (C=O) groups is 3. The molecule has 2 aromatic carbocycles. The van der Waals surface area contributed by atoms with E-state index >= 15 is 0 Å². The Kier molecular flexibility index (Phi) is 6.66. The molecule has 2 aromatic rings. The third-order valence-corrected chi connectivity index (χ3v) is 7.40. The maximum absolute atomic E-state index is 12.9. The molecule has 0 atom stereocenters. The summed E-state index contributed by atoms with van der Waals surface area (Å²) in [5.41, 5.74) is 0.489. The SMILES string of the molecule is O=C1COc2ccc(C(=O)COC(=O)c3ccc(Cl)c(S(=O)(=O)N4CCOCC4)c3)cc2N1. The molecule has 174 valence electrons. The summed E-state index contributed by atoms with van der Waals surface area (Å²) in [6.07, 6.45) is 0. The fourth-order valence-electron chi connectivity index (χ4n) is 3.31. The number of halogens is 1. The number of amides is 1. The zero-order valence-electron chi connectivity index (χ0n) is 17.2. The van der Waals surface area contributed by atoms with Gasteiger partial charge in [0.2, 0.25) is 10.0 Å². The van der Waals surface area contributed by atoms with Crippen LogP contribution >= 0.6 is 11.6 Å². The Hall–Kier alpha value is -2.99. The van der Waals surface area contributed by atoms with Crippen LogP contribution in [0.25, 0.3) is 0 Å². The van der Waals surface area contributed by atoms with Crippen LogP contribution in [0.5, 0.6) is 5.75 Å². The lowest BCUT2D eigenvalue weighted by atomic mass is 10.1. The quantitative estimate of drug-likeness (QED) is 0.475. The Labute approximate surface area is 194 Å². The Morgan fingerprint density at radius 1 is 1.09 bits per heavy atom. The van der Waals surface area contributed by atoms with E-state index in [2.05, 4.69) is 5.32 Å². The van der Waals surface area contributed by atoms with Crippen molar-refractivity contribution in [3.63, 3.8) is 0 Å². The maximum Gasteiger partial charge on any atom is 0.338 e. The van der Waals surface area contributed by atoms with E-state index in [1.54, 1.807) is 0 Å². The molecule has 1 amide bonds. The van der Waals surface area contributed by atoms with Crippen molar-refractivity contribution < 1.29 is 37.0 Å². The minimum atomic E-state index is -3.94. The zero-order valence-corrected chi connectivity index (χ0v) is 18.8. The van der Waals surface area contributed by atoms with Crippen molar-refractivity contribution in [3.8, 4) is 5.75 Å². The first kappa shape index (κ1) is 23.2. The van der Waals surface area contributed by atoms with Gasteiger partial charge in [-0.2, -0.15) is 4.31 Å². The average molecular weight is 495 g/mol. The number of ether oxygens (including phenoxy) is 3. The number of fused-ring (bicyclic) bond motifs is 1. The van der Waals surface area contributed by atoms with Gasteiger partial charge in [0.15, 0.2) is 19.0 Å². The van der Waals surface area contributed by atoms with E-state index in [1.165, 1.54) is 34.6 Å². The van der Waals surface area contributed by atoms with Crippen molar-refractivity contribution in [2.75, 3.05) is 44.8 Å². The molecule has 2 heterocycles. The number of ketones is 1. The molecule has 12 heteroatoms. The third-order valence-electron chi connectivity index (χ3n) is 5.02. The highest BCUT2D eigenvalue weighted by Gasteiger charge is 2.29. The highest BCUT2D eigenvalue weighted by Crippen LogP contribution is 2.29. The number of Topliss-reactive ketones (excluding diaryl/α,β-unsaturated/α-hetero) is 1. The Morgan fingerprint density at radius 3 is 2.58 bits per heavy atom. The monoisotopic (exact) mass is 494 g/mol. The highest BCUT2D eigenvalue weighted by atomic mass is 35.5. The van der Waals surface area contributed by atoms with Crippen molar-refractivity contribution in [1.82, 2.24) is 4.31 Å². The van der Waals surface area contributed by atoms with Crippen molar-refractivity contribution >= 4 is 45.0 Å². The predicted octanol–water partition coefficient (Wildman–Crippen LogP) is 1.73. The fourth-order valence-corrected chi connectivity index (χ4v) is 5.22. The zero-order chi connectivity index (χ0) is 23.6. The summed E-state index contributed by atoms with van der Waals surface area (Å²) in [7, 11) is -3.94. The molecule has 1 fully saturated rings. The normalized spacial score (nSPS) is 16.3. The fraction of sp³-hybridized carbons (Fsp3) is 0.286. The molecule has 2 aliphatic heterocycles. The summed E-state index contributed by atoms with van der Waals surface area (Å²) in [6.45, 7) is 0.184. The van der Waals surface area contributed by atoms with Gasteiger partial charge in [-0.3, -0.25) is 9.59 Å². The lowest BCUT2D eigenvalue weighted by Crippen LogP contribution is -2.40. The smallest absolute Gasteiger partial charge is 0.338 e. The second-order valence-corrected chi connectivity index (χ2v) is 9.52. The summed E-state index contributed by atoms with van der Waals surface area (Å²) in [5, 5.41) is 2.56. The number of nitrogens with one attached hydrogen (secondary N) is 1. The van der Waals surface area contributed by atoms with Crippen LogP contribution in [0.2, 0.25) is 5.02 Å². The molecule has 0 saturated carbocycles. The van der Waals surface area contributed by atoms with Crippen LogP contribution in [-0.2, 0) is 24.3 Å². The molecule has 1 N–H and O–H groups in total. The highest BCUT2D eigenvalue weighted by molar-refractivity contribution is 7.89. The second kappa shape index (κ2) is 9.48. The van der Waals surface area contributed by atoms with E-state index in [0.717, 1.165) is 6.07 Å². The molecule has 0 unspecified atom stereocenters. The van der Waals surface area contributed by atoms with Gasteiger partial charge in [0.1, 0.15) is 10.6 Å². The second-order valence-electron chi connectivity index (χ2n) is 7.21. The van der Waals surface area contributed by atoms with Gasteiger partial charge in [0.05, 0.1) is 29.5 Å². The number of benzene rings is 2. The summed E-state index contributed by atoms with van der Waals surface area (Å²) in [5.74, 6) is -1.31. The minimum absolute atomic E-state index is 0.0348. The van der Waals surface area contributed by atoms with Crippen LogP contribution in [0.3, 0.4) is 0 Å². The van der Waals surface area contributed by atoms with E-state index in [0.29, 0.717) is 11.4 Å². The molecule has 0 aliphatic carbocycles. The molecule has 1 saturated heterocycles. The molecule has 0 radical (unpaired) electrons. The molecular weight excluding hydrogens is 476 g/mol. The Bertz CT molecular complexity index is 1220. The van der Waals surface area contributed by atoms with Crippen LogP contribution in [-0.4, -0.2) is 69.9 Å². The molecule has 4 rings (SSSR count). The van der Waals surface area contributed by atoms with Gasteiger partial charge >= 0.3 is 5.97 Å². The summed E-state index contributed by atoms with van der Waals surface area (Å²) >= 11 is 6.10. The standard InChI is InChI=1S/C21H19ClN2O8S/c22-15-3-1-14(10-19(15)33(28,29)24-5-7-30-8-6-24)21(27)32-11-17(25)13-2-4-18-16(9-13)23-20(26)12-31-18/h1-4,9-10H,5-8,11-12H2,(H,23,26). The van der Waals surface area contributed by atoms with Crippen molar-refractivity contribution in [2.24, 2.45) is 0 Å². The molecule has 33 heavy (non-hydrogen) atoms. The summed E-state index contributed by atoms with van der Waals surface area (Å²) < 4.78 is 42.6. The van der Waals surface area contributed by atoms with Crippen LogP contribution in [0.1, 0.15) is 20.7 Å². The molecule has 0 aromatic heterocycles. The lowest BCUT2D eigenvalue weighted by Gasteiger charge is -2.26. The molecule has 2 aliphatic rings. The largest absolute Gasteiger partial charge is 0.482 e. The van der Waals surface area contributed by atoms with Crippen molar-refractivity contribution in [2.45, 2.75) is 4.90 Å². The van der Waals surface area contributed by atoms with Crippen LogP contribution in [0.15, 0.2) is 41.3 Å². The first-order chi connectivity index (χ1) is 15.8. The topological polar surface area (TPSA) is 128 Å². The van der Waals surface area contributed by atoms with Crippen LogP contribution < -0.4 is 10.1 Å².